The molecular weight excluding hydrogens is 261 g/mol. The van der Waals surface area contributed by atoms with Gasteiger partial charge in [-0.1, -0.05) is 23.2 Å². The molecule has 1 aromatic heterocycles. The van der Waals surface area contributed by atoms with Crippen molar-refractivity contribution in [1.82, 2.24) is 10.2 Å². The molecule has 17 heavy (non-hydrogen) atoms. The fraction of sp³-hybridized carbons (Fsp3) is 0. The lowest BCUT2D eigenvalue weighted by Crippen LogP contribution is -1.92. The third kappa shape index (κ3) is 2.84. The Morgan fingerprint density at radius 2 is 1.94 bits per heavy atom. The highest BCUT2D eigenvalue weighted by Crippen LogP contribution is 2.30. The molecule has 6 heteroatoms. The molecule has 0 spiro atoms. The minimum absolute atomic E-state index is 0.217. The zero-order valence-electron chi connectivity index (χ0n) is 8.39. The number of rotatable bonds is 2. The maximum atomic E-state index is 8.57. The molecule has 0 unspecified atom stereocenters. The van der Waals surface area contributed by atoms with Gasteiger partial charge < -0.3 is 4.74 Å². The standard InChI is InChI=1S/C11H5Cl2N3O/c12-7-1-3-9(13)10(5-7)17-11-4-2-8(6-14)15-16-11/h1-5H. The van der Waals surface area contributed by atoms with Gasteiger partial charge in [0.05, 0.1) is 5.02 Å². The number of ether oxygens (including phenoxy) is 1. The van der Waals surface area contributed by atoms with Gasteiger partial charge in [-0.25, -0.2) is 0 Å². The molecule has 2 rings (SSSR count). The average Bonchev–Trinajstić information content (AvgIpc) is 2.35. The van der Waals surface area contributed by atoms with Crippen molar-refractivity contribution in [3.05, 3.63) is 46.1 Å². The zero-order valence-corrected chi connectivity index (χ0v) is 9.90. The lowest BCUT2D eigenvalue weighted by Gasteiger charge is -2.05. The van der Waals surface area contributed by atoms with Crippen LogP contribution < -0.4 is 4.74 Å². The zero-order chi connectivity index (χ0) is 12.3. The van der Waals surface area contributed by atoms with E-state index in [4.69, 9.17) is 33.2 Å². The van der Waals surface area contributed by atoms with E-state index in [0.717, 1.165) is 0 Å². The van der Waals surface area contributed by atoms with E-state index in [0.29, 0.717) is 15.8 Å². The molecule has 1 heterocycles. The molecule has 4 nitrogen and oxygen atoms in total. The largest absolute Gasteiger partial charge is 0.436 e. The van der Waals surface area contributed by atoms with E-state index in [1.54, 1.807) is 18.2 Å². The van der Waals surface area contributed by atoms with Gasteiger partial charge in [-0.3, -0.25) is 0 Å². The van der Waals surface area contributed by atoms with Crippen molar-refractivity contribution in [3.8, 4) is 17.7 Å². The predicted molar refractivity (Wildman–Crippen MR) is 63.3 cm³/mol. The third-order valence-electron chi connectivity index (χ3n) is 1.86. The van der Waals surface area contributed by atoms with E-state index in [1.807, 2.05) is 6.07 Å². The van der Waals surface area contributed by atoms with Crippen LogP contribution in [0.15, 0.2) is 30.3 Å². The van der Waals surface area contributed by atoms with E-state index in [-0.39, 0.29) is 11.6 Å². The molecule has 0 N–H and O–H groups in total. The molecule has 2 aromatic rings. The van der Waals surface area contributed by atoms with Crippen LogP contribution in [0.5, 0.6) is 11.6 Å². The Bertz CT molecular complexity index is 578. The Labute approximate surface area is 107 Å². The minimum atomic E-state index is 0.217. The highest BCUT2D eigenvalue weighted by Gasteiger charge is 2.05. The molecular formula is C11H5Cl2N3O. The van der Waals surface area contributed by atoms with Crippen LogP contribution >= 0.6 is 23.2 Å². The Balaban J connectivity index is 2.25. The quantitative estimate of drug-likeness (QED) is 0.835. The summed E-state index contributed by atoms with van der Waals surface area (Å²) in [5.74, 6) is 0.631. The summed E-state index contributed by atoms with van der Waals surface area (Å²) in [7, 11) is 0. The summed E-state index contributed by atoms with van der Waals surface area (Å²) >= 11 is 11.7. The van der Waals surface area contributed by atoms with Crippen molar-refractivity contribution in [3.63, 3.8) is 0 Å². The number of hydrogen-bond donors (Lipinski definition) is 0. The van der Waals surface area contributed by atoms with Gasteiger partial charge in [0.2, 0.25) is 5.88 Å². The highest BCUT2D eigenvalue weighted by molar-refractivity contribution is 6.34. The molecule has 0 saturated carbocycles. The number of benzene rings is 1. The average molecular weight is 266 g/mol. The smallest absolute Gasteiger partial charge is 0.238 e. The van der Waals surface area contributed by atoms with Gasteiger partial charge in [0.15, 0.2) is 5.69 Å². The molecule has 0 fully saturated rings. The molecule has 84 valence electrons. The molecule has 0 aliphatic rings. The van der Waals surface area contributed by atoms with Gasteiger partial charge >= 0.3 is 0 Å². The maximum Gasteiger partial charge on any atom is 0.238 e. The van der Waals surface area contributed by atoms with Crippen LogP contribution in [-0.4, -0.2) is 10.2 Å². The minimum Gasteiger partial charge on any atom is -0.436 e. The lowest BCUT2D eigenvalue weighted by atomic mass is 10.3. The van der Waals surface area contributed by atoms with Gasteiger partial charge in [-0.05, 0) is 18.2 Å². The molecule has 0 aliphatic heterocycles. The van der Waals surface area contributed by atoms with Crippen molar-refractivity contribution >= 4 is 23.2 Å². The number of halogens is 2. The second-order valence-corrected chi connectivity index (χ2v) is 3.89. The van der Waals surface area contributed by atoms with E-state index in [1.165, 1.54) is 12.1 Å². The molecule has 0 saturated heterocycles. The summed E-state index contributed by atoms with van der Waals surface area (Å²) < 4.78 is 5.39. The summed E-state index contributed by atoms with van der Waals surface area (Å²) in [5, 5.41) is 16.8. The fourth-order valence-electron chi connectivity index (χ4n) is 1.10. The molecule has 0 bridgehead atoms. The van der Waals surface area contributed by atoms with Crippen LogP contribution in [0.2, 0.25) is 10.0 Å². The summed E-state index contributed by atoms with van der Waals surface area (Å²) in [4.78, 5) is 0. The van der Waals surface area contributed by atoms with Crippen LogP contribution in [0.3, 0.4) is 0 Å². The molecule has 0 aliphatic carbocycles. The van der Waals surface area contributed by atoms with Crippen LogP contribution in [0.4, 0.5) is 0 Å². The van der Waals surface area contributed by atoms with Crippen LogP contribution in [-0.2, 0) is 0 Å². The first-order valence-electron chi connectivity index (χ1n) is 4.56. The van der Waals surface area contributed by atoms with Crippen LogP contribution in [0.1, 0.15) is 5.69 Å². The van der Waals surface area contributed by atoms with Crippen molar-refractivity contribution in [2.45, 2.75) is 0 Å². The molecule has 0 radical (unpaired) electrons. The summed E-state index contributed by atoms with van der Waals surface area (Å²) in [5.41, 5.74) is 0.217. The summed E-state index contributed by atoms with van der Waals surface area (Å²) in [6.07, 6.45) is 0. The summed E-state index contributed by atoms with van der Waals surface area (Å²) in [6, 6.07) is 9.74. The topological polar surface area (TPSA) is 58.8 Å². The molecule has 1 aromatic carbocycles. The van der Waals surface area contributed by atoms with E-state index < -0.39 is 0 Å². The number of aromatic nitrogens is 2. The SMILES string of the molecule is N#Cc1ccc(Oc2cc(Cl)ccc2Cl)nn1. The van der Waals surface area contributed by atoms with Gasteiger partial charge in [0, 0.05) is 17.2 Å². The van der Waals surface area contributed by atoms with E-state index >= 15 is 0 Å². The number of nitrogens with zero attached hydrogens (tertiary/aromatic N) is 3. The fourth-order valence-corrected chi connectivity index (χ4v) is 1.42. The van der Waals surface area contributed by atoms with Crippen molar-refractivity contribution in [2.75, 3.05) is 0 Å². The Morgan fingerprint density at radius 1 is 1.12 bits per heavy atom. The Hall–Kier alpha value is -1.83. The normalized spacial score (nSPS) is 9.71. The summed E-state index contributed by atoms with van der Waals surface area (Å²) in [6.45, 7) is 0. The second-order valence-electron chi connectivity index (χ2n) is 3.05. The number of nitriles is 1. The third-order valence-corrected chi connectivity index (χ3v) is 2.41. The van der Waals surface area contributed by atoms with Gasteiger partial charge in [0.25, 0.3) is 0 Å². The Kier molecular flexibility index (Phi) is 3.43. The molecule has 0 amide bonds. The first-order valence-corrected chi connectivity index (χ1v) is 5.31. The maximum absolute atomic E-state index is 8.57. The van der Waals surface area contributed by atoms with Gasteiger partial charge in [-0.15, -0.1) is 10.2 Å². The van der Waals surface area contributed by atoms with Crippen molar-refractivity contribution in [1.29, 1.82) is 5.26 Å². The predicted octanol–water partition coefficient (Wildman–Crippen LogP) is 3.45. The van der Waals surface area contributed by atoms with Crippen LogP contribution in [0, 0.1) is 11.3 Å². The van der Waals surface area contributed by atoms with Gasteiger partial charge in [0.1, 0.15) is 11.8 Å². The van der Waals surface area contributed by atoms with E-state index in [9.17, 15) is 0 Å². The number of hydrogen-bond acceptors (Lipinski definition) is 4. The Morgan fingerprint density at radius 3 is 2.59 bits per heavy atom. The van der Waals surface area contributed by atoms with Crippen molar-refractivity contribution < 1.29 is 4.74 Å². The first-order chi connectivity index (χ1) is 8.19. The van der Waals surface area contributed by atoms with Crippen molar-refractivity contribution in [2.24, 2.45) is 0 Å². The lowest BCUT2D eigenvalue weighted by molar-refractivity contribution is 0.455. The monoisotopic (exact) mass is 265 g/mol. The first kappa shape index (κ1) is 11.6. The molecule has 0 atom stereocenters. The van der Waals surface area contributed by atoms with E-state index in [2.05, 4.69) is 10.2 Å². The van der Waals surface area contributed by atoms with Gasteiger partial charge in [-0.2, -0.15) is 5.26 Å². The highest BCUT2D eigenvalue weighted by atomic mass is 35.5. The second kappa shape index (κ2) is 5.00. The van der Waals surface area contributed by atoms with Crippen LogP contribution in [0.25, 0.3) is 0 Å².